The lowest BCUT2D eigenvalue weighted by Gasteiger charge is -2.15. The number of nitrogens with zero attached hydrogens (tertiary/aromatic N) is 3. The summed E-state index contributed by atoms with van der Waals surface area (Å²) in [4.78, 5) is 17.4. The highest BCUT2D eigenvalue weighted by Gasteiger charge is 2.18. The molecular weight excluding hydrogens is 356 g/mol. The number of benzene rings is 2. The van der Waals surface area contributed by atoms with Crippen LogP contribution < -0.4 is 5.32 Å². The van der Waals surface area contributed by atoms with E-state index in [2.05, 4.69) is 39.5 Å². The SMILES string of the molecule is O=[N+]([O-])c1cnc2ccccc2c1NCCOCCN1Cc2ccccc2C1. The van der Waals surface area contributed by atoms with Crippen LogP contribution in [0.15, 0.2) is 54.7 Å². The van der Waals surface area contributed by atoms with Gasteiger partial charge in [-0.3, -0.25) is 15.0 Å². The molecule has 1 aliphatic heterocycles. The van der Waals surface area contributed by atoms with Crippen LogP contribution in [0.4, 0.5) is 11.4 Å². The van der Waals surface area contributed by atoms with Crippen molar-refractivity contribution in [3.05, 3.63) is 76.0 Å². The first-order valence-electron chi connectivity index (χ1n) is 9.35. The topological polar surface area (TPSA) is 80.5 Å². The van der Waals surface area contributed by atoms with Crippen LogP contribution in [0.3, 0.4) is 0 Å². The zero-order chi connectivity index (χ0) is 19.3. The Labute approximate surface area is 163 Å². The molecule has 0 unspecified atom stereocenters. The molecule has 28 heavy (non-hydrogen) atoms. The molecule has 0 saturated carbocycles. The van der Waals surface area contributed by atoms with Crippen molar-refractivity contribution >= 4 is 22.3 Å². The molecule has 7 nitrogen and oxygen atoms in total. The predicted octanol–water partition coefficient (Wildman–Crippen LogP) is 3.59. The first kappa shape index (κ1) is 18.3. The fourth-order valence-corrected chi connectivity index (χ4v) is 3.56. The van der Waals surface area contributed by atoms with E-state index in [1.807, 2.05) is 24.3 Å². The molecule has 4 rings (SSSR count). The van der Waals surface area contributed by atoms with Crippen LogP contribution in [-0.4, -0.2) is 41.1 Å². The molecule has 144 valence electrons. The smallest absolute Gasteiger partial charge is 0.311 e. The number of nitro groups is 1. The Morgan fingerprint density at radius 1 is 1.07 bits per heavy atom. The monoisotopic (exact) mass is 378 g/mol. The van der Waals surface area contributed by atoms with Crippen LogP contribution in [0.25, 0.3) is 10.9 Å². The minimum absolute atomic E-state index is 0.0199. The van der Waals surface area contributed by atoms with Gasteiger partial charge in [0, 0.05) is 31.6 Å². The van der Waals surface area contributed by atoms with E-state index in [0.717, 1.165) is 30.5 Å². The maximum absolute atomic E-state index is 11.3. The average Bonchev–Trinajstić information content (AvgIpc) is 3.13. The van der Waals surface area contributed by atoms with Gasteiger partial charge in [-0.15, -0.1) is 0 Å². The summed E-state index contributed by atoms with van der Waals surface area (Å²) >= 11 is 0. The molecule has 0 saturated heterocycles. The number of hydrogen-bond acceptors (Lipinski definition) is 6. The van der Waals surface area contributed by atoms with Crippen molar-refractivity contribution in [1.82, 2.24) is 9.88 Å². The van der Waals surface area contributed by atoms with Crippen molar-refractivity contribution in [3.8, 4) is 0 Å². The van der Waals surface area contributed by atoms with Gasteiger partial charge in [-0.2, -0.15) is 0 Å². The van der Waals surface area contributed by atoms with E-state index >= 15 is 0 Å². The number of pyridine rings is 1. The summed E-state index contributed by atoms with van der Waals surface area (Å²) in [5.41, 5.74) is 3.98. The summed E-state index contributed by atoms with van der Waals surface area (Å²) in [5, 5.41) is 15.2. The first-order chi connectivity index (χ1) is 13.7. The fraction of sp³-hybridized carbons (Fsp3) is 0.286. The second-order valence-electron chi connectivity index (χ2n) is 6.81. The molecule has 0 fully saturated rings. The fourth-order valence-electron chi connectivity index (χ4n) is 3.56. The number of hydrogen-bond donors (Lipinski definition) is 1. The third kappa shape index (κ3) is 3.95. The highest BCUT2D eigenvalue weighted by molar-refractivity contribution is 5.95. The number of para-hydroxylation sites is 1. The number of anilines is 1. The lowest BCUT2D eigenvalue weighted by Crippen LogP contribution is -2.23. The number of rotatable bonds is 8. The lowest BCUT2D eigenvalue weighted by atomic mass is 10.1. The number of aromatic nitrogens is 1. The van der Waals surface area contributed by atoms with Gasteiger partial charge in [-0.05, 0) is 17.2 Å². The van der Waals surface area contributed by atoms with Gasteiger partial charge in [0.05, 0.1) is 23.7 Å². The van der Waals surface area contributed by atoms with Crippen molar-refractivity contribution in [3.63, 3.8) is 0 Å². The summed E-state index contributed by atoms with van der Waals surface area (Å²) in [6, 6.07) is 15.9. The molecule has 0 radical (unpaired) electrons. The van der Waals surface area contributed by atoms with E-state index in [4.69, 9.17) is 4.74 Å². The standard InChI is InChI=1S/C21H22N4O3/c26-25(27)20-13-23-19-8-4-3-7-18(19)21(20)22-9-11-28-12-10-24-14-16-5-1-2-6-17(16)15-24/h1-8,13H,9-12,14-15H2,(H,22,23). The minimum atomic E-state index is -0.409. The van der Waals surface area contributed by atoms with Crippen molar-refractivity contribution < 1.29 is 9.66 Å². The number of ether oxygens (including phenoxy) is 1. The summed E-state index contributed by atoms with van der Waals surface area (Å²) in [6.45, 7) is 4.41. The van der Waals surface area contributed by atoms with Gasteiger partial charge < -0.3 is 10.1 Å². The van der Waals surface area contributed by atoms with Crippen LogP contribution in [-0.2, 0) is 17.8 Å². The van der Waals surface area contributed by atoms with Gasteiger partial charge in [-0.25, -0.2) is 4.98 Å². The average molecular weight is 378 g/mol. The second kappa shape index (κ2) is 8.33. The van der Waals surface area contributed by atoms with E-state index < -0.39 is 4.92 Å². The van der Waals surface area contributed by atoms with E-state index in [0.29, 0.717) is 25.4 Å². The van der Waals surface area contributed by atoms with Crippen molar-refractivity contribution in [2.24, 2.45) is 0 Å². The molecule has 1 aliphatic rings. The van der Waals surface area contributed by atoms with E-state index in [1.165, 1.54) is 17.3 Å². The summed E-state index contributed by atoms with van der Waals surface area (Å²) in [7, 11) is 0. The normalized spacial score (nSPS) is 13.6. The van der Waals surface area contributed by atoms with Gasteiger partial charge in [-0.1, -0.05) is 42.5 Å². The molecule has 0 amide bonds. The molecule has 7 heteroatoms. The van der Waals surface area contributed by atoms with Crippen LogP contribution in [0.5, 0.6) is 0 Å². The Morgan fingerprint density at radius 2 is 1.79 bits per heavy atom. The maximum Gasteiger partial charge on any atom is 0.311 e. The Hall–Kier alpha value is -3.03. The predicted molar refractivity (Wildman–Crippen MR) is 108 cm³/mol. The molecule has 2 aromatic carbocycles. The Bertz CT molecular complexity index is 967. The van der Waals surface area contributed by atoms with Gasteiger partial charge in [0.1, 0.15) is 11.9 Å². The molecule has 1 aromatic heterocycles. The van der Waals surface area contributed by atoms with E-state index in [-0.39, 0.29) is 5.69 Å². The summed E-state index contributed by atoms with van der Waals surface area (Å²) < 4.78 is 5.74. The number of fused-ring (bicyclic) bond motifs is 2. The highest BCUT2D eigenvalue weighted by atomic mass is 16.6. The summed E-state index contributed by atoms with van der Waals surface area (Å²) in [5.74, 6) is 0. The Balaban J connectivity index is 1.27. The van der Waals surface area contributed by atoms with Gasteiger partial charge in [0.25, 0.3) is 0 Å². The third-order valence-electron chi connectivity index (χ3n) is 4.96. The van der Waals surface area contributed by atoms with E-state index in [9.17, 15) is 10.1 Å². The van der Waals surface area contributed by atoms with Crippen molar-refractivity contribution in [2.75, 3.05) is 31.6 Å². The molecule has 0 atom stereocenters. The first-order valence-corrected chi connectivity index (χ1v) is 9.35. The van der Waals surface area contributed by atoms with Gasteiger partial charge in [0.15, 0.2) is 0 Å². The van der Waals surface area contributed by atoms with Crippen LogP contribution >= 0.6 is 0 Å². The zero-order valence-electron chi connectivity index (χ0n) is 15.5. The van der Waals surface area contributed by atoms with Gasteiger partial charge >= 0.3 is 5.69 Å². The van der Waals surface area contributed by atoms with Crippen molar-refractivity contribution in [1.29, 1.82) is 0 Å². The molecule has 0 aliphatic carbocycles. The van der Waals surface area contributed by atoms with Crippen molar-refractivity contribution in [2.45, 2.75) is 13.1 Å². The molecular formula is C21H22N4O3. The van der Waals surface area contributed by atoms with Crippen LogP contribution in [0, 0.1) is 10.1 Å². The van der Waals surface area contributed by atoms with Crippen LogP contribution in [0.2, 0.25) is 0 Å². The highest BCUT2D eigenvalue weighted by Crippen LogP contribution is 2.31. The minimum Gasteiger partial charge on any atom is -0.378 e. The second-order valence-corrected chi connectivity index (χ2v) is 6.81. The van der Waals surface area contributed by atoms with E-state index in [1.54, 1.807) is 0 Å². The molecule has 3 aromatic rings. The maximum atomic E-state index is 11.3. The number of nitrogens with one attached hydrogen (secondary N) is 1. The largest absolute Gasteiger partial charge is 0.378 e. The Morgan fingerprint density at radius 3 is 2.54 bits per heavy atom. The van der Waals surface area contributed by atoms with Gasteiger partial charge in [0.2, 0.25) is 0 Å². The molecule has 2 heterocycles. The third-order valence-corrected chi connectivity index (χ3v) is 4.96. The summed E-state index contributed by atoms with van der Waals surface area (Å²) in [6.07, 6.45) is 1.30. The van der Waals surface area contributed by atoms with Crippen LogP contribution in [0.1, 0.15) is 11.1 Å². The lowest BCUT2D eigenvalue weighted by molar-refractivity contribution is -0.384. The quantitative estimate of drug-likeness (QED) is 0.367. The Kier molecular flexibility index (Phi) is 5.45. The molecule has 0 bridgehead atoms. The molecule has 1 N–H and O–H groups in total. The zero-order valence-corrected chi connectivity index (χ0v) is 15.5. The molecule has 0 spiro atoms.